The van der Waals surface area contributed by atoms with Crippen LogP contribution in [0.25, 0.3) is 33.9 Å². The van der Waals surface area contributed by atoms with Crippen molar-refractivity contribution in [2.24, 2.45) is 0 Å². The Balaban J connectivity index is 1.14. The molecule has 0 fully saturated rings. The third-order valence-corrected chi connectivity index (χ3v) is 13.8. The molecular formula is C52H31N5S. The van der Waals surface area contributed by atoms with E-state index in [1.807, 2.05) is 36.5 Å². The number of pyridine rings is 4. The Labute approximate surface area is 339 Å². The average molecular weight is 758 g/mol. The average Bonchev–Trinajstić information content (AvgIpc) is 3.87. The standard InChI is InChI=1S/C52H31N5S/c1-3-14-32(15-4-1)57(33-16-5-2-6-17-33)34-28-44-50(56-31-34)49-41(23-13-27-55-49)52(44)38-20-9-10-24-45(38)58-46-30-42-36(29-43(46)52)35-18-7-8-19-37(35)51(42)39-21-11-25-53-47(39)48-40(51)22-12-26-54-48/h1-31H. The predicted octanol–water partition coefficient (Wildman–Crippen LogP) is 11.9. The van der Waals surface area contributed by atoms with Crippen molar-refractivity contribution in [1.82, 2.24) is 19.9 Å². The highest BCUT2D eigenvalue weighted by molar-refractivity contribution is 7.99. The highest BCUT2D eigenvalue weighted by Crippen LogP contribution is 2.67. The van der Waals surface area contributed by atoms with Crippen molar-refractivity contribution in [1.29, 1.82) is 0 Å². The van der Waals surface area contributed by atoms with Crippen LogP contribution >= 0.6 is 11.8 Å². The number of para-hydroxylation sites is 2. The fraction of sp³-hybridized carbons (Fsp3) is 0.0385. The van der Waals surface area contributed by atoms with Crippen molar-refractivity contribution < 1.29 is 0 Å². The van der Waals surface area contributed by atoms with Crippen molar-refractivity contribution >= 4 is 28.8 Å². The van der Waals surface area contributed by atoms with Crippen LogP contribution in [0.1, 0.15) is 44.5 Å². The Morgan fingerprint density at radius 3 is 1.50 bits per heavy atom. The van der Waals surface area contributed by atoms with Crippen LogP contribution in [0.2, 0.25) is 0 Å². The maximum absolute atomic E-state index is 5.36. The Kier molecular flexibility index (Phi) is 6.45. The number of aromatic nitrogens is 4. The highest BCUT2D eigenvalue weighted by Gasteiger charge is 2.56. The van der Waals surface area contributed by atoms with Crippen molar-refractivity contribution in [2.45, 2.75) is 20.6 Å². The summed E-state index contributed by atoms with van der Waals surface area (Å²) in [5.41, 5.74) is 17.8. The molecule has 5 nitrogen and oxygen atoms in total. The smallest absolute Gasteiger partial charge is 0.0939 e. The van der Waals surface area contributed by atoms with E-state index < -0.39 is 10.8 Å². The van der Waals surface area contributed by atoms with E-state index in [4.69, 9.17) is 19.9 Å². The second kappa shape index (κ2) is 11.7. The summed E-state index contributed by atoms with van der Waals surface area (Å²) in [4.78, 5) is 25.2. The van der Waals surface area contributed by atoms with Gasteiger partial charge in [0.05, 0.1) is 45.5 Å². The molecule has 13 rings (SSSR count). The van der Waals surface area contributed by atoms with Crippen molar-refractivity contribution in [2.75, 3.05) is 4.90 Å². The summed E-state index contributed by atoms with van der Waals surface area (Å²) < 4.78 is 0. The number of rotatable bonds is 3. The van der Waals surface area contributed by atoms with Gasteiger partial charge in [0.1, 0.15) is 0 Å². The first-order valence-corrected chi connectivity index (χ1v) is 20.4. The van der Waals surface area contributed by atoms with Gasteiger partial charge in [0.25, 0.3) is 0 Å². The first kappa shape index (κ1) is 32.0. The van der Waals surface area contributed by atoms with Crippen molar-refractivity contribution in [3.8, 4) is 33.9 Å². The van der Waals surface area contributed by atoms with Gasteiger partial charge in [0.15, 0.2) is 0 Å². The van der Waals surface area contributed by atoms with Crippen LogP contribution in [0, 0.1) is 0 Å². The third kappa shape index (κ3) is 3.92. The van der Waals surface area contributed by atoms with E-state index >= 15 is 0 Å². The Morgan fingerprint density at radius 2 is 0.862 bits per heavy atom. The molecule has 0 saturated carbocycles. The van der Waals surface area contributed by atoms with Crippen LogP contribution in [0.5, 0.6) is 0 Å². The van der Waals surface area contributed by atoms with E-state index in [1.54, 1.807) is 0 Å². The summed E-state index contributed by atoms with van der Waals surface area (Å²) in [5, 5.41) is 0. The topological polar surface area (TPSA) is 54.8 Å². The van der Waals surface area contributed by atoms with E-state index in [1.165, 1.54) is 54.3 Å². The van der Waals surface area contributed by atoms with Crippen molar-refractivity contribution in [3.05, 3.63) is 233 Å². The maximum atomic E-state index is 5.36. The largest absolute Gasteiger partial charge is 0.309 e. The number of benzene rings is 5. The molecule has 58 heavy (non-hydrogen) atoms. The molecule has 0 radical (unpaired) electrons. The van der Waals surface area contributed by atoms with Gasteiger partial charge in [-0.05, 0) is 117 Å². The summed E-state index contributed by atoms with van der Waals surface area (Å²) in [5.74, 6) is 0. The van der Waals surface area contributed by atoms with Gasteiger partial charge in [0.2, 0.25) is 0 Å². The zero-order valence-corrected chi connectivity index (χ0v) is 31.9. The quantitative estimate of drug-likeness (QED) is 0.179. The SMILES string of the molecule is c1ccc(N(c2ccccc2)c2cnc3c(c2)C2(c4ccccc4Sc4cc5c(cc42)-c2ccccc2C52c4cccnc4-c4ncccc42)c2cccnc2-3)cc1. The summed E-state index contributed by atoms with van der Waals surface area (Å²) in [6, 6.07) is 59.5. The van der Waals surface area contributed by atoms with Gasteiger partial charge in [-0.1, -0.05) is 109 Å². The lowest BCUT2D eigenvalue weighted by atomic mass is 9.66. The zero-order chi connectivity index (χ0) is 38.0. The maximum Gasteiger partial charge on any atom is 0.0939 e. The van der Waals surface area contributed by atoms with Crippen LogP contribution < -0.4 is 4.90 Å². The van der Waals surface area contributed by atoms with Crippen LogP contribution in [0.4, 0.5) is 17.1 Å². The molecule has 3 aliphatic carbocycles. The lowest BCUT2D eigenvalue weighted by Crippen LogP contribution is -2.33. The van der Waals surface area contributed by atoms with Crippen LogP contribution in [0.3, 0.4) is 0 Å². The lowest BCUT2D eigenvalue weighted by molar-refractivity contribution is 0.714. The molecular weight excluding hydrogens is 727 g/mol. The Morgan fingerprint density at radius 1 is 0.345 bits per heavy atom. The summed E-state index contributed by atoms with van der Waals surface area (Å²) >= 11 is 1.86. The Bertz CT molecular complexity index is 3100. The first-order chi connectivity index (χ1) is 28.8. The third-order valence-electron chi connectivity index (χ3n) is 12.7. The van der Waals surface area contributed by atoms with Gasteiger partial charge < -0.3 is 4.90 Å². The molecule has 1 unspecified atom stereocenters. The number of hydrogen-bond acceptors (Lipinski definition) is 6. The van der Waals surface area contributed by atoms with Gasteiger partial charge in [0, 0.05) is 45.3 Å². The van der Waals surface area contributed by atoms with E-state index in [0.717, 1.165) is 51.0 Å². The van der Waals surface area contributed by atoms with Gasteiger partial charge in [-0.25, -0.2) is 0 Å². The number of anilines is 3. The fourth-order valence-electron chi connectivity index (χ4n) is 10.6. The molecule has 5 aromatic carbocycles. The molecule has 0 amide bonds. The molecule has 2 spiro atoms. The van der Waals surface area contributed by atoms with Crippen LogP contribution in [0.15, 0.2) is 198 Å². The summed E-state index contributed by atoms with van der Waals surface area (Å²) in [7, 11) is 0. The number of fused-ring (bicyclic) bond motifs is 19. The molecule has 1 aliphatic heterocycles. The van der Waals surface area contributed by atoms with E-state index in [9.17, 15) is 0 Å². The van der Waals surface area contributed by atoms with Gasteiger partial charge in [-0.2, -0.15) is 0 Å². The van der Waals surface area contributed by atoms with Gasteiger partial charge in [-0.3, -0.25) is 19.9 Å². The predicted molar refractivity (Wildman–Crippen MR) is 230 cm³/mol. The molecule has 0 N–H and O–H groups in total. The molecule has 4 aromatic heterocycles. The van der Waals surface area contributed by atoms with Gasteiger partial charge in [-0.15, -0.1) is 0 Å². The van der Waals surface area contributed by atoms with Gasteiger partial charge >= 0.3 is 0 Å². The molecule has 6 heteroatoms. The normalized spacial score (nSPS) is 16.4. The second-order valence-electron chi connectivity index (χ2n) is 15.3. The molecule has 0 bridgehead atoms. The first-order valence-electron chi connectivity index (χ1n) is 19.6. The second-order valence-corrected chi connectivity index (χ2v) is 16.4. The minimum atomic E-state index is -0.688. The van der Waals surface area contributed by atoms with E-state index in [2.05, 4.69) is 169 Å². The monoisotopic (exact) mass is 757 g/mol. The Hall–Kier alpha value is -7.15. The van der Waals surface area contributed by atoms with Crippen LogP contribution in [-0.4, -0.2) is 19.9 Å². The van der Waals surface area contributed by atoms with Crippen LogP contribution in [-0.2, 0) is 10.8 Å². The zero-order valence-electron chi connectivity index (χ0n) is 31.0. The molecule has 1 atom stereocenters. The molecule has 5 heterocycles. The molecule has 4 aliphatic rings. The molecule has 270 valence electrons. The number of hydrogen-bond donors (Lipinski definition) is 0. The molecule has 9 aromatic rings. The summed E-state index contributed by atoms with van der Waals surface area (Å²) in [6.45, 7) is 0. The minimum absolute atomic E-state index is 0.549. The van der Waals surface area contributed by atoms with E-state index in [0.29, 0.717) is 0 Å². The minimum Gasteiger partial charge on any atom is -0.309 e. The fourth-order valence-corrected chi connectivity index (χ4v) is 11.8. The molecule has 0 saturated heterocycles. The lowest BCUT2D eigenvalue weighted by Gasteiger charge is -2.40. The van der Waals surface area contributed by atoms with Crippen molar-refractivity contribution in [3.63, 3.8) is 0 Å². The highest BCUT2D eigenvalue weighted by atomic mass is 32.2. The summed E-state index contributed by atoms with van der Waals surface area (Å²) in [6.07, 6.45) is 7.70. The van der Waals surface area contributed by atoms with E-state index in [-0.39, 0.29) is 0 Å². The number of nitrogens with zero attached hydrogens (tertiary/aromatic N) is 5.